The lowest BCUT2D eigenvalue weighted by atomic mass is 10.1. The van der Waals surface area contributed by atoms with E-state index in [1.807, 2.05) is 6.92 Å². The number of methoxy groups -OCH3 is 1. The second-order valence-corrected chi connectivity index (χ2v) is 5.99. The molecule has 3 rings (SSSR count). The fraction of sp³-hybridized carbons (Fsp3) is 0.500. The number of hydrogen-bond donors (Lipinski definition) is 2. The number of carbonyl (C=O) groups excluding carboxylic acids is 1. The third-order valence-electron chi connectivity index (χ3n) is 4.05. The highest BCUT2D eigenvalue weighted by Crippen LogP contribution is 2.40. The number of ether oxygens (including phenoxy) is 1. The standard InChI is InChI=1S/C16H22N6O2/c1-3-4-12(17)16(23)18-11-7-8-14(24-2)13(9-11)22-15(10-5-6-10)19-20-21-22/h7-10,12H,3-6,17H2,1-2H3,(H,18,23). The lowest BCUT2D eigenvalue weighted by molar-refractivity contribution is -0.117. The van der Waals surface area contributed by atoms with Crippen LogP contribution in [0.4, 0.5) is 5.69 Å². The Morgan fingerprint density at radius 1 is 1.50 bits per heavy atom. The van der Waals surface area contributed by atoms with Gasteiger partial charge in [0.2, 0.25) is 5.91 Å². The third-order valence-corrected chi connectivity index (χ3v) is 4.05. The van der Waals surface area contributed by atoms with E-state index < -0.39 is 6.04 Å². The number of benzene rings is 1. The van der Waals surface area contributed by atoms with Gasteiger partial charge in [-0.05, 0) is 47.9 Å². The van der Waals surface area contributed by atoms with Gasteiger partial charge in [-0.3, -0.25) is 4.79 Å². The Balaban J connectivity index is 1.88. The predicted octanol–water partition coefficient (Wildman–Crippen LogP) is 1.61. The smallest absolute Gasteiger partial charge is 0.241 e. The normalized spacial score (nSPS) is 15.1. The number of tetrazole rings is 1. The summed E-state index contributed by atoms with van der Waals surface area (Å²) in [5.41, 5.74) is 7.20. The van der Waals surface area contributed by atoms with Crippen molar-refractivity contribution in [2.45, 2.75) is 44.6 Å². The van der Waals surface area contributed by atoms with E-state index in [9.17, 15) is 4.79 Å². The monoisotopic (exact) mass is 330 g/mol. The van der Waals surface area contributed by atoms with E-state index >= 15 is 0 Å². The quantitative estimate of drug-likeness (QED) is 0.798. The number of nitrogens with one attached hydrogen (secondary N) is 1. The number of carbonyl (C=O) groups is 1. The number of amides is 1. The molecule has 1 amide bonds. The second kappa shape index (κ2) is 6.96. The van der Waals surface area contributed by atoms with Crippen molar-refractivity contribution in [2.75, 3.05) is 12.4 Å². The van der Waals surface area contributed by atoms with Crippen LogP contribution in [0.2, 0.25) is 0 Å². The van der Waals surface area contributed by atoms with E-state index in [4.69, 9.17) is 10.5 Å². The zero-order chi connectivity index (χ0) is 17.1. The van der Waals surface area contributed by atoms with Crippen LogP contribution >= 0.6 is 0 Å². The van der Waals surface area contributed by atoms with Crippen LogP contribution in [0, 0.1) is 0 Å². The molecule has 1 unspecified atom stereocenters. The largest absolute Gasteiger partial charge is 0.494 e. The van der Waals surface area contributed by atoms with Gasteiger partial charge in [0.25, 0.3) is 0 Å². The molecule has 1 atom stereocenters. The number of aromatic nitrogens is 4. The molecule has 0 radical (unpaired) electrons. The molecule has 8 heteroatoms. The van der Waals surface area contributed by atoms with E-state index in [-0.39, 0.29) is 5.91 Å². The highest BCUT2D eigenvalue weighted by molar-refractivity contribution is 5.95. The summed E-state index contributed by atoms with van der Waals surface area (Å²) < 4.78 is 7.10. The van der Waals surface area contributed by atoms with Crippen molar-refractivity contribution in [3.05, 3.63) is 24.0 Å². The van der Waals surface area contributed by atoms with Gasteiger partial charge in [-0.1, -0.05) is 13.3 Å². The minimum atomic E-state index is -0.518. The fourth-order valence-electron chi connectivity index (χ4n) is 2.57. The summed E-state index contributed by atoms with van der Waals surface area (Å²) in [5.74, 6) is 1.65. The van der Waals surface area contributed by atoms with Gasteiger partial charge in [-0.25, -0.2) is 0 Å². The van der Waals surface area contributed by atoms with Crippen LogP contribution in [0.15, 0.2) is 18.2 Å². The van der Waals surface area contributed by atoms with Gasteiger partial charge >= 0.3 is 0 Å². The highest BCUT2D eigenvalue weighted by Gasteiger charge is 2.30. The van der Waals surface area contributed by atoms with Gasteiger partial charge in [0.15, 0.2) is 5.82 Å². The summed E-state index contributed by atoms with van der Waals surface area (Å²) >= 11 is 0. The number of nitrogens with two attached hydrogens (primary N) is 1. The van der Waals surface area contributed by atoms with Gasteiger partial charge in [0.05, 0.1) is 13.2 Å². The molecule has 24 heavy (non-hydrogen) atoms. The molecule has 3 N–H and O–H groups in total. The Bertz CT molecular complexity index is 725. The van der Waals surface area contributed by atoms with Crippen LogP contribution < -0.4 is 15.8 Å². The molecule has 0 aliphatic heterocycles. The average molecular weight is 330 g/mol. The zero-order valence-corrected chi connectivity index (χ0v) is 13.9. The van der Waals surface area contributed by atoms with E-state index in [0.29, 0.717) is 29.5 Å². The maximum Gasteiger partial charge on any atom is 0.241 e. The average Bonchev–Trinajstić information content (AvgIpc) is 3.31. The van der Waals surface area contributed by atoms with Gasteiger partial charge in [-0.15, -0.1) is 5.10 Å². The number of hydrogen-bond acceptors (Lipinski definition) is 6. The number of rotatable bonds is 7. The van der Waals surface area contributed by atoms with Crippen molar-refractivity contribution >= 4 is 11.6 Å². The van der Waals surface area contributed by atoms with Crippen LogP contribution in [0.25, 0.3) is 5.69 Å². The first-order valence-electron chi connectivity index (χ1n) is 8.17. The first-order valence-corrected chi connectivity index (χ1v) is 8.17. The number of nitrogens with zero attached hydrogens (tertiary/aromatic N) is 4. The van der Waals surface area contributed by atoms with Gasteiger partial charge in [-0.2, -0.15) is 4.68 Å². The summed E-state index contributed by atoms with van der Waals surface area (Å²) in [4.78, 5) is 12.1. The van der Waals surface area contributed by atoms with Crippen molar-refractivity contribution in [1.29, 1.82) is 0 Å². The van der Waals surface area contributed by atoms with Crippen LogP contribution in [0.3, 0.4) is 0 Å². The van der Waals surface area contributed by atoms with Crippen molar-refractivity contribution in [1.82, 2.24) is 20.2 Å². The molecule has 2 aromatic rings. The Morgan fingerprint density at radius 3 is 2.96 bits per heavy atom. The first kappa shape index (κ1) is 16.4. The Labute approximate surface area is 140 Å². The molecule has 1 aromatic carbocycles. The lowest BCUT2D eigenvalue weighted by Gasteiger charge is -2.14. The minimum Gasteiger partial charge on any atom is -0.494 e. The molecule has 1 saturated carbocycles. The molecule has 1 fully saturated rings. The molecule has 1 aliphatic rings. The molecule has 128 valence electrons. The lowest BCUT2D eigenvalue weighted by Crippen LogP contribution is -2.35. The topological polar surface area (TPSA) is 108 Å². The maximum atomic E-state index is 12.1. The summed E-state index contributed by atoms with van der Waals surface area (Å²) in [5, 5.41) is 14.8. The maximum absolute atomic E-state index is 12.1. The Kier molecular flexibility index (Phi) is 4.75. The molecule has 1 heterocycles. The van der Waals surface area contributed by atoms with Gasteiger partial charge in [0.1, 0.15) is 11.4 Å². The van der Waals surface area contributed by atoms with Crippen LogP contribution in [-0.4, -0.2) is 39.3 Å². The Morgan fingerprint density at radius 2 is 2.29 bits per heavy atom. The van der Waals surface area contributed by atoms with Crippen molar-refractivity contribution in [2.24, 2.45) is 5.73 Å². The predicted molar refractivity (Wildman–Crippen MR) is 89.2 cm³/mol. The molecular weight excluding hydrogens is 308 g/mol. The molecule has 0 spiro atoms. The van der Waals surface area contributed by atoms with Crippen molar-refractivity contribution in [3.8, 4) is 11.4 Å². The van der Waals surface area contributed by atoms with Crippen LogP contribution in [0.5, 0.6) is 5.75 Å². The van der Waals surface area contributed by atoms with Gasteiger partial charge < -0.3 is 15.8 Å². The molecule has 1 aliphatic carbocycles. The SMILES string of the molecule is CCCC(N)C(=O)Nc1ccc(OC)c(-n2nnnc2C2CC2)c1. The van der Waals surface area contributed by atoms with Crippen molar-refractivity contribution in [3.63, 3.8) is 0 Å². The summed E-state index contributed by atoms with van der Waals surface area (Å²) in [6, 6.07) is 4.85. The summed E-state index contributed by atoms with van der Waals surface area (Å²) in [7, 11) is 1.59. The summed E-state index contributed by atoms with van der Waals surface area (Å²) in [6.07, 6.45) is 3.68. The third kappa shape index (κ3) is 3.38. The van der Waals surface area contributed by atoms with E-state index in [0.717, 1.165) is 25.1 Å². The number of anilines is 1. The van der Waals surface area contributed by atoms with Gasteiger partial charge in [0, 0.05) is 11.6 Å². The molecule has 1 aromatic heterocycles. The fourth-order valence-corrected chi connectivity index (χ4v) is 2.57. The second-order valence-electron chi connectivity index (χ2n) is 5.99. The van der Waals surface area contributed by atoms with E-state index in [1.54, 1.807) is 30.0 Å². The van der Waals surface area contributed by atoms with E-state index in [2.05, 4.69) is 20.8 Å². The molecule has 0 saturated heterocycles. The van der Waals surface area contributed by atoms with E-state index in [1.165, 1.54) is 0 Å². The molecule has 8 nitrogen and oxygen atoms in total. The highest BCUT2D eigenvalue weighted by atomic mass is 16.5. The molecule has 0 bridgehead atoms. The first-order chi connectivity index (χ1) is 11.6. The Hall–Kier alpha value is -2.48. The van der Waals surface area contributed by atoms with Crippen LogP contribution in [-0.2, 0) is 4.79 Å². The zero-order valence-electron chi connectivity index (χ0n) is 13.9. The van der Waals surface area contributed by atoms with Crippen LogP contribution in [0.1, 0.15) is 44.3 Å². The molecular formula is C16H22N6O2. The van der Waals surface area contributed by atoms with Crippen molar-refractivity contribution < 1.29 is 9.53 Å². The minimum absolute atomic E-state index is 0.202. The summed E-state index contributed by atoms with van der Waals surface area (Å²) in [6.45, 7) is 2.00.